The van der Waals surface area contributed by atoms with E-state index >= 15 is 0 Å². The molecule has 0 aromatic carbocycles. The second-order valence-electron chi connectivity index (χ2n) is 3.79. The molecule has 1 saturated carbocycles. The summed E-state index contributed by atoms with van der Waals surface area (Å²) in [4.78, 5) is 23.6. The van der Waals surface area contributed by atoms with Crippen molar-refractivity contribution in [3.63, 3.8) is 0 Å². The fraction of sp³-hybridized carbons (Fsp3) is 0.556. The van der Waals surface area contributed by atoms with Crippen molar-refractivity contribution >= 4 is 11.9 Å². The highest BCUT2D eigenvalue weighted by molar-refractivity contribution is 5.89. The number of rotatable bonds is 2. The van der Waals surface area contributed by atoms with Crippen molar-refractivity contribution < 1.29 is 14.7 Å². The molecule has 4 heteroatoms. The van der Waals surface area contributed by atoms with Crippen molar-refractivity contribution in [1.29, 1.82) is 0 Å². The fourth-order valence-electron chi connectivity index (χ4n) is 2.11. The van der Waals surface area contributed by atoms with Crippen molar-refractivity contribution in [3.8, 4) is 0 Å². The quantitative estimate of drug-likeness (QED) is 0.615. The van der Waals surface area contributed by atoms with Crippen LogP contribution in [0.1, 0.15) is 6.42 Å². The minimum absolute atomic E-state index is 0.159. The first-order valence-corrected chi connectivity index (χ1v) is 4.25. The van der Waals surface area contributed by atoms with E-state index in [0.717, 1.165) is 6.42 Å². The second kappa shape index (κ2) is 2.34. The molecule has 1 N–H and O–H groups in total. The lowest BCUT2D eigenvalue weighted by atomic mass is 10.1. The van der Waals surface area contributed by atoms with Crippen molar-refractivity contribution in [2.45, 2.75) is 6.42 Å². The molecule has 0 bridgehead atoms. The van der Waals surface area contributed by atoms with Crippen LogP contribution in [0.2, 0.25) is 0 Å². The van der Waals surface area contributed by atoms with Gasteiger partial charge in [-0.15, -0.1) is 0 Å². The molecule has 0 aromatic heterocycles. The van der Waals surface area contributed by atoms with Gasteiger partial charge in [0.25, 0.3) is 0 Å². The smallest absolute Gasteiger partial charge is 0.311 e. The summed E-state index contributed by atoms with van der Waals surface area (Å²) in [5.41, 5.74) is -0.612. The molecule has 2 aliphatic rings. The first-order chi connectivity index (χ1) is 6.10. The average Bonchev–Trinajstić information content (AvgIpc) is 2.69. The molecule has 1 amide bonds. The average molecular weight is 181 g/mol. The third-order valence-corrected chi connectivity index (χ3v) is 3.06. The van der Waals surface area contributed by atoms with E-state index in [2.05, 4.69) is 6.58 Å². The van der Waals surface area contributed by atoms with Crippen molar-refractivity contribution in [2.24, 2.45) is 11.3 Å². The van der Waals surface area contributed by atoms with E-state index in [-0.39, 0.29) is 11.8 Å². The van der Waals surface area contributed by atoms with Crippen molar-refractivity contribution in [1.82, 2.24) is 4.90 Å². The van der Waals surface area contributed by atoms with Crippen LogP contribution < -0.4 is 0 Å². The maximum absolute atomic E-state index is 11.2. The molecule has 4 nitrogen and oxygen atoms in total. The third kappa shape index (κ3) is 0.978. The Bertz CT molecular complexity index is 299. The zero-order valence-corrected chi connectivity index (χ0v) is 7.19. The van der Waals surface area contributed by atoms with Crippen LogP contribution in [0.5, 0.6) is 0 Å². The highest BCUT2D eigenvalue weighted by atomic mass is 16.4. The fourth-order valence-corrected chi connectivity index (χ4v) is 2.11. The Morgan fingerprint density at radius 2 is 2.31 bits per heavy atom. The van der Waals surface area contributed by atoms with Gasteiger partial charge in [0.1, 0.15) is 0 Å². The van der Waals surface area contributed by atoms with Crippen LogP contribution in [0.4, 0.5) is 0 Å². The van der Waals surface area contributed by atoms with Gasteiger partial charge in [-0.05, 0) is 18.4 Å². The Balaban J connectivity index is 2.08. The summed E-state index contributed by atoms with van der Waals surface area (Å²) in [6.45, 7) is 4.31. The lowest BCUT2D eigenvalue weighted by Gasteiger charge is -2.17. The molecule has 2 atom stereocenters. The highest BCUT2D eigenvalue weighted by Crippen LogP contribution is 2.57. The van der Waals surface area contributed by atoms with E-state index in [1.54, 1.807) is 4.90 Å². The summed E-state index contributed by atoms with van der Waals surface area (Å²) >= 11 is 0. The standard InChI is InChI=1S/C9H11NO3/c1-2-7(11)10-4-6-3-9(6,5-10)8(12)13/h2,6H,1,3-5H2,(H,12,13). The molecular formula is C9H11NO3. The van der Waals surface area contributed by atoms with Gasteiger partial charge in [0.15, 0.2) is 0 Å². The molecular weight excluding hydrogens is 170 g/mol. The van der Waals surface area contributed by atoms with Crippen LogP contribution in [0.25, 0.3) is 0 Å². The zero-order chi connectivity index (χ0) is 9.64. The number of carboxylic acid groups (broad SMARTS) is 1. The van der Waals surface area contributed by atoms with Gasteiger partial charge in [-0.3, -0.25) is 9.59 Å². The van der Waals surface area contributed by atoms with E-state index in [0.29, 0.717) is 13.1 Å². The number of amides is 1. The Morgan fingerprint density at radius 1 is 1.62 bits per heavy atom. The van der Waals surface area contributed by atoms with Crippen molar-refractivity contribution in [3.05, 3.63) is 12.7 Å². The number of aliphatic carboxylic acids is 1. The monoisotopic (exact) mass is 181 g/mol. The van der Waals surface area contributed by atoms with Gasteiger partial charge >= 0.3 is 5.97 Å². The van der Waals surface area contributed by atoms with Gasteiger partial charge in [0.05, 0.1) is 5.41 Å². The number of carbonyl (C=O) groups is 2. The molecule has 70 valence electrons. The highest BCUT2D eigenvalue weighted by Gasteiger charge is 2.65. The van der Waals surface area contributed by atoms with Crippen LogP contribution in [-0.4, -0.2) is 35.0 Å². The van der Waals surface area contributed by atoms with Gasteiger partial charge in [-0.25, -0.2) is 0 Å². The second-order valence-corrected chi connectivity index (χ2v) is 3.79. The summed E-state index contributed by atoms with van der Waals surface area (Å²) < 4.78 is 0. The van der Waals surface area contributed by atoms with Gasteiger partial charge in [0.2, 0.25) is 5.91 Å². The molecule has 2 rings (SSSR count). The topological polar surface area (TPSA) is 57.6 Å². The van der Waals surface area contributed by atoms with Crippen LogP contribution in [0.3, 0.4) is 0 Å². The normalized spacial score (nSPS) is 35.4. The summed E-state index contributed by atoms with van der Waals surface area (Å²) in [6.07, 6.45) is 1.96. The van der Waals surface area contributed by atoms with E-state index < -0.39 is 11.4 Å². The largest absolute Gasteiger partial charge is 0.481 e. The molecule has 0 spiro atoms. The molecule has 0 radical (unpaired) electrons. The summed E-state index contributed by atoms with van der Waals surface area (Å²) in [5.74, 6) is -0.751. The number of carboxylic acids is 1. The molecule has 2 unspecified atom stereocenters. The number of nitrogens with zero attached hydrogens (tertiary/aromatic N) is 1. The Kier molecular flexibility index (Phi) is 1.49. The Morgan fingerprint density at radius 3 is 2.77 bits per heavy atom. The van der Waals surface area contributed by atoms with Crippen LogP contribution in [0, 0.1) is 11.3 Å². The Hall–Kier alpha value is -1.32. The third-order valence-electron chi connectivity index (χ3n) is 3.06. The SMILES string of the molecule is C=CC(=O)N1CC2CC2(C(=O)O)C1. The van der Waals surface area contributed by atoms with E-state index in [1.165, 1.54) is 6.08 Å². The van der Waals surface area contributed by atoms with Crippen LogP contribution in [0.15, 0.2) is 12.7 Å². The van der Waals surface area contributed by atoms with E-state index in [1.807, 2.05) is 0 Å². The van der Waals surface area contributed by atoms with Gasteiger partial charge < -0.3 is 10.0 Å². The summed E-state index contributed by atoms with van der Waals surface area (Å²) in [7, 11) is 0. The molecule has 2 fully saturated rings. The summed E-state index contributed by atoms with van der Waals surface area (Å²) in [6, 6.07) is 0. The molecule has 1 heterocycles. The van der Waals surface area contributed by atoms with Crippen molar-refractivity contribution in [2.75, 3.05) is 13.1 Å². The van der Waals surface area contributed by atoms with Gasteiger partial charge in [-0.2, -0.15) is 0 Å². The number of hydrogen-bond acceptors (Lipinski definition) is 2. The number of piperidine rings is 1. The maximum atomic E-state index is 11.2. The molecule has 13 heavy (non-hydrogen) atoms. The molecule has 0 aromatic rings. The number of likely N-dealkylation sites (tertiary alicyclic amines) is 1. The maximum Gasteiger partial charge on any atom is 0.311 e. The minimum atomic E-state index is -0.767. The molecule has 1 aliphatic carbocycles. The van der Waals surface area contributed by atoms with E-state index in [9.17, 15) is 9.59 Å². The van der Waals surface area contributed by atoms with Crippen LogP contribution in [-0.2, 0) is 9.59 Å². The Labute approximate surface area is 75.8 Å². The lowest BCUT2D eigenvalue weighted by Crippen LogP contribution is -2.32. The first-order valence-electron chi connectivity index (χ1n) is 4.25. The number of fused-ring (bicyclic) bond motifs is 1. The number of hydrogen-bond donors (Lipinski definition) is 1. The van der Waals surface area contributed by atoms with Crippen LogP contribution >= 0.6 is 0 Å². The predicted octanol–water partition coefficient (Wildman–Crippen LogP) is 0.106. The van der Waals surface area contributed by atoms with Gasteiger partial charge in [-0.1, -0.05) is 6.58 Å². The first kappa shape index (κ1) is 8.29. The number of carbonyl (C=O) groups excluding carboxylic acids is 1. The molecule has 1 aliphatic heterocycles. The minimum Gasteiger partial charge on any atom is -0.481 e. The predicted molar refractivity (Wildman–Crippen MR) is 45.0 cm³/mol. The lowest BCUT2D eigenvalue weighted by molar-refractivity contribution is -0.143. The van der Waals surface area contributed by atoms with E-state index in [4.69, 9.17) is 5.11 Å². The molecule has 1 saturated heterocycles. The zero-order valence-electron chi connectivity index (χ0n) is 7.19. The van der Waals surface area contributed by atoms with Gasteiger partial charge in [0, 0.05) is 13.1 Å². The summed E-state index contributed by atoms with van der Waals surface area (Å²) in [5, 5.41) is 8.92.